The van der Waals surface area contributed by atoms with Crippen LogP contribution in [0.5, 0.6) is 5.75 Å². The minimum Gasteiger partial charge on any atom is -0.495 e. The van der Waals surface area contributed by atoms with E-state index in [1.165, 1.54) is 0 Å². The van der Waals surface area contributed by atoms with Crippen molar-refractivity contribution < 1.29 is 14.3 Å². The van der Waals surface area contributed by atoms with Gasteiger partial charge in [-0.15, -0.1) is 11.3 Å². The van der Waals surface area contributed by atoms with Crippen LogP contribution < -0.4 is 15.4 Å². The van der Waals surface area contributed by atoms with Crippen molar-refractivity contribution in [3.63, 3.8) is 0 Å². The average Bonchev–Trinajstić information content (AvgIpc) is 3.20. The van der Waals surface area contributed by atoms with Gasteiger partial charge in [-0.2, -0.15) is 0 Å². The second-order valence-electron chi connectivity index (χ2n) is 6.21. The van der Waals surface area contributed by atoms with Crippen LogP contribution in [0.1, 0.15) is 17.7 Å². The van der Waals surface area contributed by atoms with E-state index in [2.05, 4.69) is 10.6 Å². The van der Waals surface area contributed by atoms with Crippen LogP contribution in [0.15, 0.2) is 41.8 Å². The number of rotatable bonds is 5. The molecule has 0 radical (unpaired) electrons. The molecule has 0 spiro atoms. The Hall–Kier alpha value is -2.54. The third-order valence-electron chi connectivity index (χ3n) is 4.44. The summed E-state index contributed by atoms with van der Waals surface area (Å²) in [4.78, 5) is 27.9. The molecule has 1 aromatic carbocycles. The molecular formula is C19H23N3O3S. The number of carbonyl (C=O) groups excluding carboxylic acids is 2. The lowest BCUT2D eigenvalue weighted by Gasteiger charge is -2.32. The van der Waals surface area contributed by atoms with Gasteiger partial charge in [0.1, 0.15) is 5.75 Å². The highest BCUT2D eigenvalue weighted by atomic mass is 32.1. The van der Waals surface area contributed by atoms with Crippen LogP contribution in [0, 0.1) is 5.92 Å². The van der Waals surface area contributed by atoms with E-state index < -0.39 is 0 Å². The van der Waals surface area contributed by atoms with Crippen LogP contribution in [0.2, 0.25) is 0 Å². The zero-order chi connectivity index (χ0) is 18.4. The van der Waals surface area contributed by atoms with E-state index in [-0.39, 0.29) is 17.9 Å². The molecular weight excluding hydrogens is 350 g/mol. The predicted molar refractivity (Wildman–Crippen MR) is 102 cm³/mol. The standard InChI is InChI=1S/C19H23N3O3S/c1-25-17-9-3-2-8-16(17)21-18(23)14-6-4-10-22(13-14)19(24)20-12-15-7-5-11-26-15/h2-3,5,7-9,11,14H,4,6,10,12-13H2,1H3,(H,20,24)(H,21,23). The molecule has 2 aromatic rings. The highest BCUT2D eigenvalue weighted by molar-refractivity contribution is 7.09. The number of methoxy groups -OCH3 is 1. The summed E-state index contributed by atoms with van der Waals surface area (Å²) in [6.45, 7) is 1.62. The average molecular weight is 373 g/mol. The normalized spacial score (nSPS) is 16.8. The first kappa shape index (κ1) is 18.3. The van der Waals surface area contributed by atoms with Crippen molar-refractivity contribution in [2.75, 3.05) is 25.5 Å². The molecule has 0 bridgehead atoms. The molecule has 1 aromatic heterocycles. The van der Waals surface area contributed by atoms with Gasteiger partial charge in [0.05, 0.1) is 25.3 Å². The fourth-order valence-corrected chi connectivity index (χ4v) is 3.69. The minimum atomic E-state index is -0.221. The Morgan fingerprint density at radius 1 is 1.27 bits per heavy atom. The zero-order valence-electron chi connectivity index (χ0n) is 14.7. The molecule has 1 unspecified atom stereocenters. The van der Waals surface area contributed by atoms with Crippen LogP contribution >= 0.6 is 11.3 Å². The molecule has 6 nitrogen and oxygen atoms in total. The van der Waals surface area contributed by atoms with Gasteiger partial charge >= 0.3 is 6.03 Å². The summed E-state index contributed by atoms with van der Waals surface area (Å²) in [5.74, 6) is 0.327. The van der Waals surface area contributed by atoms with E-state index >= 15 is 0 Å². The number of nitrogens with zero attached hydrogens (tertiary/aromatic N) is 1. The summed E-state index contributed by atoms with van der Waals surface area (Å²) in [6.07, 6.45) is 1.59. The van der Waals surface area contributed by atoms with E-state index in [4.69, 9.17) is 4.74 Å². The number of thiophene rings is 1. The SMILES string of the molecule is COc1ccccc1NC(=O)C1CCCN(C(=O)NCc2cccs2)C1. The number of hydrogen-bond acceptors (Lipinski definition) is 4. The van der Waals surface area contributed by atoms with E-state index in [1.807, 2.05) is 35.7 Å². The number of urea groups is 1. The number of carbonyl (C=O) groups is 2. The Morgan fingerprint density at radius 2 is 2.12 bits per heavy atom. The zero-order valence-corrected chi connectivity index (χ0v) is 15.6. The Balaban J connectivity index is 1.55. The monoisotopic (exact) mass is 373 g/mol. The Labute approximate surface area is 157 Å². The lowest BCUT2D eigenvalue weighted by Crippen LogP contribution is -2.47. The van der Waals surface area contributed by atoms with Gasteiger partial charge in [0.15, 0.2) is 0 Å². The number of benzene rings is 1. The largest absolute Gasteiger partial charge is 0.495 e. The van der Waals surface area contributed by atoms with Crippen LogP contribution in [0.3, 0.4) is 0 Å². The lowest BCUT2D eigenvalue weighted by molar-refractivity contribution is -0.121. The molecule has 0 aliphatic carbocycles. The number of hydrogen-bond donors (Lipinski definition) is 2. The smallest absolute Gasteiger partial charge is 0.317 e. The minimum absolute atomic E-state index is 0.0785. The van der Waals surface area contributed by atoms with Gasteiger partial charge in [-0.25, -0.2) is 4.79 Å². The fourth-order valence-electron chi connectivity index (χ4n) is 3.05. The summed E-state index contributed by atoms with van der Waals surface area (Å²) in [5, 5.41) is 7.84. The van der Waals surface area contributed by atoms with Crippen molar-refractivity contribution in [3.8, 4) is 5.75 Å². The van der Waals surface area contributed by atoms with E-state index in [9.17, 15) is 9.59 Å². The first-order valence-electron chi connectivity index (χ1n) is 8.66. The fraction of sp³-hybridized carbons (Fsp3) is 0.368. The number of anilines is 1. The molecule has 3 rings (SSSR count). The summed E-state index contributed by atoms with van der Waals surface area (Å²) >= 11 is 1.61. The van der Waals surface area contributed by atoms with E-state index in [0.29, 0.717) is 31.1 Å². The first-order chi connectivity index (χ1) is 12.7. The van der Waals surface area contributed by atoms with Crippen molar-refractivity contribution in [3.05, 3.63) is 46.7 Å². The molecule has 1 atom stereocenters. The van der Waals surface area contributed by atoms with Gasteiger partial charge in [0, 0.05) is 18.0 Å². The number of piperidine rings is 1. The highest BCUT2D eigenvalue weighted by Gasteiger charge is 2.28. The second kappa shape index (κ2) is 8.71. The van der Waals surface area contributed by atoms with Crippen LogP contribution in [0.4, 0.5) is 10.5 Å². The van der Waals surface area contributed by atoms with Crippen molar-refractivity contribution in [1.29, 1.82) is 0 Å². The number of likely N-dealkylation sites (tertiary alicyclic amines) is 1. The van der Waals surface area contributed by atoms with Crippen LogP contribution in [-0.4, -0.2) is 37.0 Å². The van der Waals surface area contributed by atoms with E-state index in [1.54, 1.807) is 29.4 Å². The summed E-state index contributed by atoms with van der Waals surface area (Å²) in [5.41, 5.74) is 0.652. The van der Waals surface area contributed by atoms with Gasteiger partial charge in [-0.05, 0) is 36.4 Å². The number of amides is 3. The second-order valence-corrected chi connectivity index (χ2v) is 7.25. The Bertz CT molecular complexity index is 748. The maximum absolute atomic E-state index is 12.6. The van der Waals surface area contributed by atoms with Crippen LogP contribution in [0.25, 0.3) is 0 Å². The summed E-state index contributed by atoms with van der Waals surface area (Å²) in [6, 6.07) is 11.2. The summed E-state index contributed by atoms with van der Waals surface area (Å²) in [7, 11) is 1.57. The molecule has 0 saturated carbocycles. The number of ether oxygens (including phenoxy) is 1. The van der Waals surface area contributed by atoms with Gasteiger partial charge in [-0.1, -0.05) is 18.2 Å². The molecule has 1 aliphatic rings. The Kier molecular flexibility index (Phi) is 6.12. The molecule has 7 heteroatoms. The molecule has 1 fully saturated rings. The molecule has 26 heavy (non-hydrogen) atoms. The predicted octanol–water partition coefficient (Wildman–Crippen LogP) is 3.32. The number of para-hydroxylation sites is 2. The van der Waals surface area contributed by atoms with Crippen molar-refractivity contribution in [1.82, 2.24) is 10.2 Å². The van der Waals surface area contributed by atoms with Gasteiger partial charge in [0.2, 0.25) is 5.91 Å². The van der Waals surface area contributed by atoms with E-state index in [0.717, 1.165) is 17.7 Å². The third-order valence-corrected chi connectivity index (χ3v) is 5.31. The first-order valence-corrected chi connectivity index (χ1v) is 9.54. The molecule has 3 amide bonds. The van der Waals surface area contributed by atoms with Gasteiger partial charge in [-0.3, -0.25) is 4.79 Å². The number of nitrogens with one attached hydrogen (secondary N) is 2. The Morgan fingerprint density at radius 3 is 2.88 bits per heavy atom. The highest BCUT2D eigenvalue weighted by Crippen LogP contribution is 2.25. The molecule has 1 aliphatic heterocycles. The summed E-state index contributed by atoms with van der Waals surface area (Å²) < 4.78 is 5.27. The third kappa shape index (κ3) is 4.54. The van der Waals surface area contributed by atoms with Crippen LogP contribution in [-0.2, 0) is 11.3 Å². The van der Waals surface area contributed by atoms with Crippen molar-refractivity contribution in [2.45, 2.75) is 19.4 Å². The van der Waals surface area contributed by atoms with Gasteiger partial charge in [0.25, 0.3) is 0 Å². The van der Waals surface area contributed by atoms with Crippen molar-refractivity contribution in [2.24, 2.45) is 5.92 Å². The lowest BCUT2D eigenvalue weighted by atomic mass is 9.97. The van der Waals surface area contributed by atoms with Crippen molar-refractivity contribution >= 4 is 29.0 Å². The maximum atomic E-state index is 12.6. The molecule has 2 heterocycles. The molecule has 2 N–H and O–H groups in total. The molecule has 138 valence electrons. The quantitative estimate of drug-likeness (QED) is 0.845. The van der Waals surface area contributed by atoms with Gasteiger partial charge < -0.3 is 20.3 Å². The topological polar surface area (TPSA) is 70.7 Å². The molecule has 1 saturated heterocycles. The maximum Gasteiger partial charge on any atom is 0.317 e.